The van der Waals surface area contributed by atoms with Crippen molar-refractivity contribution in [3.8, 4) is 17.0 Å². The zero-order chi connectivity index (χ0) is 28.4. The molecule has 1 spiro atoms. The van der Waals surface area contributed by atoms with Crippen LogP contribution in [0.25, 0.3) is 11.3 Å². The molecule has 0 radical (unpaired) electrons. The van der Waals surface area contributed by atoms with Gasteiger partial charge in [-0.1, -0.05) is 35.9 Å². The number of rotatable bonds is 5. The Hall–Kier alpha value is -3.56. The van der Waals surface area contributed by atoms with Gasteiger partial charge in [0.1, 0.15) is 5.75 Å². The number of likely N-dealkylation sites (tertiary alicyclic amines) is 2. The first-order valence-corrected chi connectivity index (χ1v) is 13.6. The molecule has 3 aromatic rings. The topological polar surface area (TPSA) is 83.0 Å². The molecule has 210 valence electrons. The highest BCUT2D eigenvalue weighted by Crippen LogP contribution is 2.41. The average molecular weight is 570 g/mol. The number of aryl methyl sites for hydroxylation is 1. The smallest absolute Gasteiger partial charge is 0.387 e. The zero-order valence-corrected chi connectivity index (χ0v) is 22.8. The van der Waals surface area contributed by atoms with Crippen molar-refractivity contribution in [1.82, 2.24) is 14.8 Å². The summed E-state index contributed by atoms with van der Waals surface area (Å²) in [6.45, 7) is 0.499. The molecular formula is C30H30ClF2N3O4. The summed E-state index contributed by atoms with van der Waals surface area (Å²) in [5.41, 5.74) is 2.72. The molecule has 1 atom stereocenters. The van der Waals surface area contributed by atoms with Crippen LogP contribution in [0.4, 0.5) is 8.78 Å². The van der Waals surface area contributed by atoms with E-state index in [4.69, 9.17) is 11.6 Å². The molecule has 40 heavy (non-hydrogen) atoms. The van der Waals surface area contributed by atoms with Gasteiger partial charge in [-0.15, -0.1) is 0 Å². The van der Waals surface area contributed by atoms with E-state index in [1.807, 2.05) is 31.2 Å². The minimum Gasteiger partial charge on any atom is -0.435 e. The minimum absolute atomic E-state index is 0.0182. The highest BCUT2D eigenvalue weighted by atomic mass is 35.5. The van der Waals surface area contributed by atoms with E-state index in [1.165, 1.54) is 18.2 Å². The van der Waals surface area contributed by atoms with Crippen LogP contribution in [0.3, 0.4) is 0 Å². The molecule has 0 aliphatic carbocycles. The van der Waals surface area contributed by atoms with Crippen LogP contribution in [0.5, 0.6) is 5.75 Å². The number of carbonyl (C=O) groups excluding carboxylic acids is 2. The van der Waals surface area contributed by atoms with E-state index >= 15 is 0 Å². The van der Waals surface area contributed by atoms with Crippen molar-refractivity contribution in [2.45, 2.75) is 38.9 Å². The summed E-state index contributed by atoms with van der Waals surface area (Å²) < 4.78 is 29.4. The van der Waals surface area contributed by atoms with Gasteiger partial charge < -0.3 is 19.6 Å². The van der Waals surface area contributed by atoms with Crippen LogP contribution in [0.2, 0.25) is 5.02 Å². The Morgan fingerprint density at radius 1 is 1.02 bits per heavy atom. The van der Waals surface area contributed by atoms with E-state index < -0.39 is 18.1 Å². The van der Waals surface area contributed by atoms with Gasteiger partial charge in [0.2, 0.25) is 0 Å². The van der Waals surface area contributed by atoms with E-state index in [-0.39, 0.29) is 28.1 Å². The zero-order valence-electron chi connectivity index (χ0n) is 22.0. The Balaban J connectivity index is 1.29. The molecule has 2 amide bonds. The normalized spacial score (nSPS) is 18.7. The number of amides is 2. The Morgan fingerprint density at radius 2 is 1.75 bits per heavy atom. The number of carbonyl (C=O) groups is 2. The first-order valence-electron chi connectivity index (χ1n) is 13.2. The van der Waals surface area contributed by atoms with Gasteiger partial charge in [0.15, 0.2) is 0 Å². The molecule has 2 aliphatic heterocycles. The number of nitrogens with zero attached hydrogens (tertiary/aromatic N) is 3. The van der Waals surface area contributed by atoms with Crippen LogP contribution in [-0.4, -0.2) is 70.6 Å². The predicted octanol–water partition coefficient (Wildman–Crippen LogP) is 5.44. The molecule has 1 aromatic heterocycles. The van der Waals surface area contributed by atoms with Crippen molar-refractivity contribution in [2.24, 2.45) is 5.41 Å². The Labute approximate surface area is 236 Å². The van der Waals surface area contributed by atoms with Crippen molar-refractivity contribution in [2.75, 3.05) is 26.2 Å². The van der Waals surface area contributed by atoms with Crippen LogP contribution < -0.4 is 4.74 Å². The monoisotopic (exact) mass is 569 g/mol. The number of alkyl halides is 2. The number of piperidine rings is 2. The SMILES string of the molecule is Cc1ccccc1-c1ncccc1C(=O)N1CCC2(CC1)CN(C(=O)c1ccc(OC(F)F)cc1Cl)CCC2O. The number of pyridine rings is 1. The van der Waals surface area contributed by atoms with Gasteiger partial charge in [-0.3, -0.25) is 14.6 Å². The van der Waals surface area contributed by atoms with Gasteiger partial charge in [0.25, 0.3) is 11.8 Å². The molecule has 3 heterocycles. The lowest BCUT2D eigenvalue weighted by Crippen LogP contribution is -2.58. The van der Waals surface area contributed by atoms with E-state index in [9.17, 15) is 23.5 Å². The lowest BCUT2D eigenvalue weighted by atomic mass is 9.70. The molecule has 7 nitrogen and oxygen atoms in total. The molecule has 1 N–H and O–H groups in total. The number of ether oxygens (including phenoxy) is 1. The summed E-state index contributed by atoms with van der Waals surface area (Å²) in [5, 5.41) is 11.0. The molecule has 1 unspecified atom stereocenters. The molecule has 2 saturated heterocycles. The molecule has 0 saturated carbocycles. The fraction of sp³-hybridized carbons (Fsp3) is 0.367. The second-order valence-corrected chi connectivity index (χ2v) is 10.8. The van der Waals surface area contributed by atoms with Crippen molar-refractivity contribution < 1.29 is 28.2 Å². The molecule has 5 rings (SSSR count). The third kappa shape index (κ3) is 5.53. The molecule has 10 heteroatoms. The third-order valence-corrected chi connectivity index (χ3v) is 8.37. The van der Waals surface area contributed by atoms with Crippen LogP contribution >= 0.6 is 11.6 Å². The van der Waals surface area contributed by atoms with Crippen molar-refractivity contribution >= 4 is 23.4 Å². The first kappa shape index (κ1) is 28.0. The molecule has 0 bridgehead atoms. The number of aliphatic hydroxyl groups excluding tert-OH is 1. The number of benzene rings is 2. The molecule has 2 aromatic carbocycles. The van der Waals surface area contributed by atoms with Crippen LogP contribution in [-0.2, 0) is 0 Å². The number of halogens is 3. The summed E-state index contributed by atoms with van der Waals surface area (Å²) in [6, 6.07) is 15.2. The second kappa shape index (κ2) is 11.5. The number of aromatic nitrogens is 1. The van der Waals surface area contributed by atoms with Gasteiger partial charge in [0.05, 0.1) is 27.9 Å². The van der Waals surface area contributed by atoms with Crippen molar-refractivity contribution in [3.63, 3.8) is 0 Å². The summed E-state index contributed by atoms with van der Waals surface area (Å²) in [5.74, 6) is -0.577. The van der Waals surface area contributed by atoms with E-state index in [0.29, 0.717) is 56.7 Å². The Kier molecular flexibility index (Phi) is 8.05. The van der Waals surface area contributed by atoms with Crippen LogP contribution in [0, 0.1) is 12.3 Å². The largest absolute Gasteiger partial charge is 0.435 e. The number of hydrogen-bond acceptors (Lipinski definition) is 5. The lowest BCUT2D eigenvalue weighted by molar-refractivity contribution is -0.0676. The van der Waals surface area contributed by atoms with Gasteiger partial charge in [-0.05, 0) is 62.1 Å². The highest BCUT2D eigenvalue weighted by Gasteiger charge is 2.46. The molecule has 2 fully saturated rings. The Morgan fingerprint density at radius 3 is 2.45 bits per heavy atom. The highest BCUT2D eigenvalue weighted by molar-refractivity contribution is 6.34. The molecular weight excluding hydrogens is 540 g/mol. The summed E-state index contributed by atoms with van der Waals surface area (Å²) in [4.78, 5) is 34.9. The predicted molar refractivity (Wildman–Crippen MR) is 147 cm³/mol. The van der Waals surface area contributed by atoms with Gasteiger partial charge in [-0.25, -0.2) is 0 Å². The van der Waals surface area contributed by atoms with Crippen LogP contribution in [0.1, 0.15) is 45.5 Å². The third-order valence-electron chi connectivity index (χ3n) is 8.05. The summed E-state index contributed by atoms with van der Waals surface area (Å²) in [7, 11) is 0. The maximum atomic E-state index is 13.6. The van der Waals surface area contributed by atoms with Gasteiger partial charge in [-0.2, -0.15) is 8.78 Å². The van der Waals surface area contributed by atoms with Gasteiger partial charge >= 0.3 is 6.61 Å². The quantitative estimate of drug-likeness (QED) is 0.442. The average Bonchev–Trinajstić information content (AvgIpc) is 2.94. The maximum Gasteiger partial charge on any atom is 0.387 e. The summed E-state index contributed by atoms with van der Waals surface area (Å²) in [6.07, 6.45) is 2.51. The van der Waals surface area contributed by atoms with Gasteiger partial charge in [0, 0.05) is 43.4 Å². The molecule has 2 aliphatic rings. The van der Waals surface area contributed by atoms with Crippen molar-refractivity contribution in [3.05, 3.63) is 82.5 Å². The maximum absolute atomic E-state index is 13.6. The number of hydrogen-bond donors (Lipinski definition) is 1. The number of aliphatic hydroxyl groups is 1. The summed E-state index contributed by atoms with van der Waals surface area (Å²) >= 11 is 6.24. The standard InChI is InChI=1S/C30H30ClF2N3O4/c1-19-5-2-3-6-21(19)26-23(7-4-13-34-26)28(39)35-15-11-30(12-16-35)18-36(14-10-25(30)37)27(38)22-9-8-20(17-24(22)31)40-29(32)33/h2-9,13,17,25,29,37H,10-12,14-16,18H2,1H3. The first-order chi connectivity index (χ1) is 19.2. The minimum atomic E-state index is -2.99. The fourth-order valence-electron chi connectivity index (χ4n) is 5.79. The Bertz CT molecular complexity index is 1410. The van der Waals surface area contributed by atoms with Crippen molar-refractivity contribution in [1.29, 1.82) is 0 Å². The van der Waals surface area contributed by atoms with E-state index in [2.05, 4.69) is 9.72 Å². The lowest BCUT2D eigenvalue weighted by Gasteiger charge is -2.50. The van der Waals surface area contributed by atoms with E-state index in [1.54, 1.807) is 28.1 Å². The fourth-order valence-corrected chi connectivity index (χ4v) is 6.04. The second-order valence-electron chi connectivity index (χ2n) is 10.4. The van der Waals surface area contributed by atoms with Crippen LogP contribution in [0.15, 0.2) is 60.8 Å². The van der Waals surface area contributed by atoms with E-state index in [0.717, 1.165) is 11.1 Å².